The SMILES string of the molecule is Cc1ccc(N2C(=O)N(CC(=O)NCc3ccccc3OC(F)(F)F)C(=O)[C@@H]2C)cc1. The molecule has 0 unspecified atom stereocenters. The van der Waals surface area contributed by atoms with Crippen molar-refractivity contribution in [2.75, 3.05) is 11.4 Å². The highest BCUT2D eigenvalue weighted by atomic mass is 19.4. The van der Waals surface area contributed by atoms with Crippen LogP contribution < -0.4 is 15.0 Å². The first kappa shape index (κ1) is 22.1. The van der Waals surface area contributed by atoms with E-state index in [4.69, 9.17) is 0 Å². The van der Waals surface area contributed by atoms with Gasteiger partial charge in [-0.1, -0.05) is 35.9 Å². The third-order valence-electron chi connectivity index (χ3n) is 4.74. The number of anilines is 1. The summed E-state index contributed by atoms with van der Waals surface area (Å²) in [7, 11) is 0. The van der Waals surface area contributed by atoms with Crippen molar-refractivity contribution in [2.45, 2.75) is 32.8 Å². The van der Waals surface area contributed by atoms with E-state index in [9.17, 15) is 27.6 Å². The van der Waals surface area contributed by atoms with E-state index in [1.54, 1.807) is 31.2 Å². The number of nitrogens with zero attached hydrogens (tertiary/aromatic N) is 2. The third-order valence-corrected chi connectivity index (χ3v) is 4.74. The Morgan fingerprint density at radius 2 is 1.74 bits per heavy atom. The zero-order valence-electron chi connectivity index (χ0n) is 16.8. The standard InChI is InChI=1S/C21H20F3N3O4/c1-13-7-9-16(10-8-13)27-14(2)19(29)26(20(27)30)12-18(28)25-11-15-5-3-4-6-17(15)31-21(22,23)24/h3-10,14H,11-12H2,1-2H3,(H,25,28)/t14-/m0/s1. The lowest BCUT2D eigenvalue weighted by Gasteiger charge is -2.19. The maximum absolute atomic E-state index is 12.7. The lowest BCUT2D eigenvalue weighted by molar-refractivity contribution is -0.274. The number of hydrogen-bond acceptors (Lipinski definition) is 4. The number of carbonyl (C=O) groups excluding carboxylic acids is 3. The first-order valence-electron chi connectivity index (χ1n) is 9.38. The van der Waals surface area contributed by atoms with Crippen molar-refractivity contribution in [2.24, 2.45) is 0 Å². The summed E-state index contributed by atoms with van der Waals surface area (Å²) in [5, 5.41) is 2.42. The molecule has 31 heavy (non-hydrogen) atoms. The van der Waals surface area contributed by atoms with Crippen molar-refractivity contribution in [3.63, 3.8) is 0 Å². The van der Waals surface area contributed by atoms with E-state index in [-0.39, 0.29) is 12.1 Å². The van der Waals surface area contributed by atoms with E-state index in [1.165, 1.54) is 23.1 Å². The number of imide groups is 1. The quantitative estimate of drug-likeness (QED) is 0.706. The molecule has 1 fully saturated rings. The highest BCUT2D eigenvalue weighted by Crippen LogP contribution is 2.27. The Bertz CT molecular complexity index is 992. The molecule has 3 rings (SSSR count). The summed E-state index contributed by atoms with van der Waals surface area (Å²) in [5.74, 6) is -1.68. The van der Waals surface area contributed by atoms with Crippen LogP contribution in [0.15, 0.2) is 48.5 Å². The highest BCUT2D eigenvalue weighted by molar-refractivity contribution is 6.15. The number of benzene rings is 2. The molecule has 1 aliphatic heterocycles. The second kappa shape index (κ2) is 8.66. The van der Waals surface area contributed by atoms with E-state index in [2.05, 4.69) is 10.1 Å². The molecule has 1 heterocycles. The number of amides is 4. The summed E-state index contributed by atoms with van der Waals surface area (Å²) >= 11 is 0. The van der Waals surface area contributed by atoms with Gasteiger partial charge in [-0.05, 0) is 32.0 Å². The van der Waals surface area contributed by atoms with Crippen LogP contribution in [0.1, 0.15) is 18.1 Å². The van der Waals surface area contributed by atoms with Crippen molar-refractivity contribution < 1.29 is 32.3 Å². The van der Waals surface area contributed by atoms with Gasteiger partial charge < -0.3 is 10.1 Å². The molecule has 7 nitrogen and oxygen atoms in total. The number of ether oxygens (including phenoxy) is 1. The van der Waals surface area contributed by atoms with Gasteiger partial charge in [-0.2, -0.15) is 0 Å². The van der Waals surface area contributed by atoms with Gasteiger partial charge in [0.05, 0.1) is 0 Å². The zero-order valence-corrected chi connectivity index (χ0v) is 16.8. The number of para-hydroxylation sites is 1. The largest absolute Gasteiger partial charge is 0.573 e. The summed E-state index contributed by atoms with van der Waals surface area (Å²) in [4.78, 5) is 39.7. The number of rotatable bonds is 6. The molecule has 1 N–H and O–H groups in total. The van der Waals surface area contributed by atoms with E-state index in [0.717, 1.165) is 16.5 Å². The number of alkyl halides is 3. The van der Waals surface area contributed by atoms with Crippen molar-refractivity contribution in [3.8, 4) is 5.75 Å². The Morgan fingerprint density at radius 1 is 1.10 bits per heavy atom. The Labute approximate surface area is 176 Å². The van der Waals surface area contributed by atoms with Gasteiger partial charge >= 0.3 is 12.4 Å². The molecule has 0 aromatic heterocycles. The Morgan fingerprint density at radius 3 is 2.39 bits per heavy atom. The molecule has 4 amide bonds. The van der Waals surface area contributed by atoms with E-state index in [1.807, 2.05) is 6.92 Å². The minimum absolute atomic E-state index is 0.0990. The average Bonchev–Trinajstić information content (AvgIpc) is 2.90. The van der Waals surface area contributed by atoms with E-state index < -0.39 is 42.5 Å². The minimum Gasteiger partial charge on any atom is -0.405 e. The fourth-order valence-corrected chi connectivity index (χ4v) is 3.18. The molecule has 1 saturated heterocycles. The van der Waals surface area contributed by atoms with E-state index in [0.29, 0.717) is 5.69 Å². The average molecular weight is 435 g/mol. The topological polar surface area (TPSA) is 79.0 Å². The van der Waals surface area contributed by atoms with E-state index >= 15 is 0 Å². The molecule has 0 aliphatic carbocycles. The van der Waals surface area contributed by atoms with Gasteiger partial charge in [0.2, 0.25) is 5.91 Å². The number of aryl methyl sites for hydroxylation is 1. The Balaban J connectivity index is 1.65. The second-order valence-electron chi connectivity index (χ2n) is 7.02. The predicted octanol–water partition coefficient (Wildman–Crippen LogP) is 3.37. The molecule has 1 atom stereocenters. The van der Waals surface area contributed by atoms with Crippen LogP contribution >= 0.6 is 0 Å². The summed E-state index contributed by atoms with van der Waals surface area (Å²) in [6.07, 6.45) is -4.87. The van der Waals surface area contributed by atoms with Gasteiger partial charge in [-0.3, -0.25) is 19.4 Å². The smallest absolute Gasteiger partial charge is 0.405 e. The molecular weight excluding hydrogens is 415 g/mol. The summed E-state index contributed by atoms with van der Waals surface area (Å²) in [6.45, 7) is 2.63. The molecule has 0 saturated carbocycles. The van der Waals surface area contributed by atoms with Gasteiger partial charge in [0, 0.05) is 17.8 Å². The fraction of sp³-hybridized carbons (Fsp3) is 0.286. The first-order chi connectivity index (χ1) is 14.6. The molecule has 2 aromatic carbocycles. The molecule has 2 aromatic rings. The number of halogens is 3. The third kappa shape index (κ3) is 5.14. The van der Waals surface area contributed by atoms with Crippen LogP contribution in [0.25, 0.3) is 0 Å². The van der Waals surface area contributed by atoms with Crippen LogP contribution in [0.3, 0.4) is 0 Å². The van der Waals surface area contributed by atoms with Crippen LogP contribution in [0, 0.1) is 6.92 Å². The van der Waals surface area contributed by atoms with Crippen LogP contribution in [0.5, 0.6) is 5.75 Å². The number of nitrogens with one attached hydrogen (secondary N) is 1. The molecule has 10 heteroatoms. The maximum atomic E-state index is 12.7. The zero-order chi connectivity index (χ0) is 22.8. The Hall–Kier alpha value is -3.56. The van der Waals surface area contributed by atoms with Crippen LogP contribution in [-0.2, 0) is 16.1 Å². The second-order valence-corrected chi connectivity index (χ2v) is 7.02. The van der Waals surface area contributed by atoms with Crippen LogP contribution in [0.2, 0.25) is 0 Å². The lowest BCUT2D eigenvalue weighted by Crippen LogP contribution is -2.41. The van der Waals surface area contributed by atoms with Gasteiger partial charge in [0.15, 0.2) is 0 Å². The summed E-state index contributed by atoms with van der Waals surface area (Å²) in [5.41, 5.74) is 1.61. The first-order valence-corrected chi connectivity index (χ1v) is 9.38. The highest BCUT2D eigenvalue weighted by Gasteiger charge is 2.44. The molecule has 164 valence electrons. The lowest BCUT2D eigenvalue weighted by atomic mass is 10.2. The van der Waals surface area contributed by atoms with Crippen LogP contribution in [-0.4, -0.2) is 41.7 Å². The predicted molar refractivity (Wildman–Crippen MR) is 105 cm³/mol. The molecule has 1 aliphatic rings. The van der Waals surface area contributed by atoms with Crippen LogP contribution in [0.4, 0.5) is 23.7 Å². The van der Waals surface area contributed by atoms with Crippen molar-refractivity contribution in [3.05, 3.63) is 59.7 Å². The Kier molecular flexibility index (Phi) is 6.19. The van der Waals surface area contributed by atoms with Gasteiger partial charge in [-0.25, -0.2) is 4.79 Å². The monoisotopic (exact) mass is 435 g/mol. The van der Waals surface area contributed by atoms with Gasteiger partial charge in [-0.15, -0.1) is 13.2 Å². The van der Waals surface area contributed by atoms with Gasteiger partial charge in [0.25, 0.3) is 5.91 Å². The van der Waals surface area contributed by atoms with Crippen molar-refractivity contribution >= 4 is 23.5 Å². The molecular formula is C21H20F3N3O4. The number of carbonyl (C=O) groups is 3. The van der Waals surface area contributed by atoms with Crippen molar-refractivity contribution in [1.29, 1.82) is 0 Å². The summed E-state index contributed by atoms with van der Waals surface area (Å²) < 4.78 is 41.5. The summed E-state index contributed by atoms with van der Waals surface area (Å²) in [6, 6.07) is 11.0. The molecule has 0 spiro atoms. The fourth-order valence-electron chi connectivity index (χ4n) is 3.18. The van der Waals surface area contributed by atoms with Gasteiger partial charge in [0.1, 0.15) is 18.3 Å². The molecule has 0 bridgehead atoms. The maximum Gasteiger partial charge on any atom is 0.573 e. The molecule has 0 radical (unpaired) electrons. The minimum atomic E-state index is -4.87. The number of urea groups is 1. The normalized spacial score (nSPS) is 16.6. The number of hydrogen-bond donors (Lipinski definition) is 1. The van der Waals surface area contributed by atoms with Crippen molar-refractivity contribution in [1.82, 2.24) is 10.2 Å².